The number of carbonyl (C=O) groups excluding carboxylic acids is 1. The van der Waals surface area contributed by atoms with Crippen LogP contribution in [0.25, 0.3) is 0 Å². The minimum absolute atomic E-state index is 0.151. The Morgan fingerprint density at radius 2 is 2.29 bits per heavy atom. The van der Waals surface area contributed by atoms with E-state index >= 15 is 0 Å². The first-order valence-electron chi connectivity index (χ1n) is 4.57. The van der Waals surface area contributed by atoms with Gasteiger partial charge in [-0.05, 0) is 24.8 Å². The summed E-state index contributed by atoms with van der Waals surface area (Å²) < 4.78 is 9.77. The Kier molecular flexibility index (Phi) is 4.14. The molecule has 1 aliphatic heterocycles. The van der Waals surface area contributed by atoms with Crippen molar-refractivity contribution < 1.29 is 14.3 Å². The van der Waals surface area contributed by atoms with Gasteiger partial charge in [-0.25, -0.2) is 4.79 Å². The van der Waals surface area contributed by atoms with Crippen LogP contribution in [-0.2, 0) is 14.3 Å². The van der Waals surface area contributed by atoms with Gasteiger partial charge in [-0.15, -0.1) is 0 Å². The summed E-state index contributed by atoms with van der Waals surface area (Å²) in [6.45, 7) is 1.28. The maximum absolute atomic E-state index is 11.2. The van der Waals surface area contributed by atoms with Gasteiger partial charge in [-0.1, -0.05) is 0 Å². The molecule has 1 fully saturated rings. The Morgan fingerprint density at radius 3 is 2.93 bits per heavy atom. The van der Waals surface area contributed by atoms with Crippen LogP contribution >= 0.6 is 0 Å². The number of rotatable bonds is 1. The topological polar surface area (TPSA) is 59.3 Å². The molecule has 1 saturated heterocycles. The predicted octanol–water partition coefficient (Wildman–Crippen LogP) is 1.18. The Bertz CT molecular complexity index is 278. The highest BCUT2D eigenvalue weighted by Crippen LogP contribution is 2.19. The molecule has 4 nitrogen and oxygen atoms in total. The van der Waals surface area contributed by atoms with Crippen LogP contribution in [0.4, 0.5) is 0 Å². The summed E-state index contributed by atoms with van der Waals surface area (Å²) in [5.41, 5.74) is 1.01. The molecule has 0 aromatic rings. The molecule has 0 saturated carbocycles. The number of methoxy groups -OCH3 is 1. The minimum Gasteiger partial charge on any atom is -0.465 e. The second-order valence-electron chi connectivity index (χ2n) is 3.05. The van der Waals surface area contributed by atoms with Crippen LogP contribution in [0.5, 0.6) is 0 Å². The Morgan fingerprint density at radius 1 is 1.50 bits per heavy atom. The van der Waals surface area contributed by atoms with Gasteiger partial charge in [-0.2, -0.15) is 5.26 Å². The molecule has 0 aromatic carbocycles. The summed E-state index contributed by atoms with van der Waals surface area (Å²) in [7, 11) is 1.29. The zero-order valence-electron chi connectivity index (χ0n) is 8.21. The molecular formula is C10H13NO3. The van der Waals surface area contributed by atoms with Crippen molar-refractivity contribution >= 4 is 5.97 Å². The van der Waals surface area contributed by atoms with E-state index in [4.69, 9.17) is 10.00 Å². The predicted molar refractivity (Wildman–Crippen MR) is 49.3 cm³/mol. The third-order valence-electron chi connectivity index (χ3n) is 2.17. The van der Waals surface area contributed by atoms with Crippen LogP contribution in [0, 0.1) is 11.3 Å². The molecule has 0 atom stereocenters. The molecule has 1 aliphatic rings. The average molecular weight is 195 g/mol. The van der Waals surface area contributed by atoms with Crippen molar-refractivity contribution in [3.05, 3.63) is 11.1 Å². The van der Waals surface area contributed by atoms with Crippen molar-refractivity contribution in [2.24, 2.45) is 0 Å². The fourth-order valence-corrected chi connectivity index (χ4v) is 1.43. The summed E-state index contributed by atoms with van der Waals surface area (Å²) in [5, 5.41) is 8.82. The molecule has 14 heavy (non-hydrogen) atoms. The molecule has 0 amide bonds. The van der Waals surface area contributed by atoms with E-state index in [0.717, 1.165) is 18.4 Å². The quantitative estimate of drug-likeness (QED) is 0.358. The number of carbonyl (C=O) groups is 1. The largest absolute Gasteiger partial charge is 0.465 e. The standard InChI is InChI=1S/C10H13NO3/c1-13-10(12)9(7-11)8-3-2-5-14-6-4-8/h2-6H2,1H3/b9-8-. The third kappa shape index (κ3) is 2.57. The Labute approximate surface area is 83.1 Å². The van der Waals surface area contributed by atoms with Gasteiger partial charge in [0.15, 0.2) is 0 Å². The molecule has 0 spiro atoms. The van der Waals surface area contributed by atoms with Crippen LogP contribution in [0.15, 0.2) is 11.1 Å². The molecule has 4 heteroatoms. The lowest BCUT2D eigenvalue weighted by Gasteiger charge is -2.04. The summed E-state index contributed by atoms with van der Waals surface area (Å²) in [6.07, 6.45) is 2.26. The van der Waals surface area contributed by atoms with E-state index in [2.05, 4.69) is 4.74 Å². The molecule has 0 radical (unpaired) electrons. The Balaban J connectivity index is 2.86. The zero-order chi connectivity index (χ0) is 10.4. The second kappa shape index (κ2) is 5.40. The maximum atomic E-state index is 11.2. The average Bonchev–Trinajstić information content (AvgIpc) is 2.47. The second-order valence-corrected chi connectivity index (χ2v) is 3.05. The van der Waals surface area contributed by atoms with Gasteiger partial charge in [0, 0.05) is 6.61 Å². The number of nitrogens with zero attached hydrogens (tertiary/aromatic N) is 1. The number of ether oxygens (including phenoxy) is 2. The minimum atomic E-state index is -0.538. The van der Waals surface area contributed by atoms with Gasteiger partial charge in [0.1, 0.15) is 11.6 Å². The number of hydrogen-bond donors (Lipinski definition) is 0. The van der Waals surface area contributed by atoms with Gasteiger partial charge in [0.2, 0.25) is 0 Å². The van der Waals surface area contributed by atoms with Crippen molar-refractivity contribution in [2.75, 3.05) is 20.3 Å². The van der Waals surface area contributed by atoms with Crippen LogP contribution in [0.2, 0.25) is 0 Å². The zero-order valence-corrected chi connectivity index (χ0v) is 8.21. The summed E-state index contributed by atoms with van der Waals surface area (Å²) >= 11 is 0. The molecule has 0 bridgehead atoms. The molecule has 76 valence electrons. The number of hydrogen-bond acceptors (Lipinski definition) is 4. The third-order valence-corrected chi connectivity index (χ3v) is 2.17. The SMILES string of the molecule is COC(=O)/C(C#N)=C1/CCCOCC1. The first-order valence-corrected chi connectivity index (χ1v) is 4.57. The van der Waals surface area contributed by atoms with E-state index in [1.807, 2.05) is 6.07 Å². The first kappa shape index (κ1) is 10.7. The highest BCUT2D eigenvalue weighted by atomic mass is 16.5. The van der Waals surface area contributed by atoms with E-state index in [-0.39, 0.29) is 5.57 Å². The van der Waals surface area contributed by atoms with Crippen molar-refractivity contribution in [1.29, 1.82) is 5.26 Å². The van der Waals surface area contributed by atoms with Crippen LogP contribution in [0.1, 0.15) is 19.3 Å². The van der Waals surface area contributed by atoms with Crippen LogP contribution in [-0.4, -0.2) is 26.3 Å². The molecular weight excluding hydrogens is 182 g/mol. The molecule has 0 unspecified atom stereocenters. The van der Waals surface area contributed by atoms with Gasteiger partial charge < -0.3 is 9.47 Å². The van der Waals surface area contributed by atoms with Crippen molar-refractivity contribution in [1.82, 2.24) is 0 Å². The lowest BCUT2D eigenvalue weighted by Crippen LogP contribution is -2.07. The monoisotopic (exact) mass is 195 g/mol. The van der Waals surface area contributed by atoms with Gasteiger partial charge in [-0.3, -0.25) is 0 Å². The van der Waals surface area contributed by atoms with Crippen LogP contribution < -0.4 is 0 Å². The van der Waals surface area contributed by atoms with Crippen molar-refractivity contribution in [2.45, 2.75) is 19.3 Å². The summed E-state index contributed by atoms with van der Waals surface area (Å²) in [4.78, 5) is 11.2. The number of esters is 1. The molecule has 0 aliphatic carbocycles. The fourth-order valence-electron chi connectivity index (χ4n) is 1.43. The molecule has 0 N–H and O–H groups in total. The highest BCUT2D eigenvalue weighted by Gasteiger charge is 2.16. The van der Waals surface area contributed by atoms with Crippen molar-refractivity contribution in [3.63, 3.8) is 0 Å². The van der Waals surface area contributed by atoms with E-state index in [1.165, 1.54) is 7.11 Å². The first-order chi connectivity index (χ1) is 6.79. The molecule has 0 aromatic heterocycles. The fraction of sp³-hybridized carbons (Fsp3) is 0.600. The summed E-state index contributed by atoms with van der Waals surface area (Å²) in [6, 6.07) is 1.90. The molecule has 1 heterocycles. The van der Waals surface area contributed by atoms with Gasteiger partial charge in [0.25, 0.3) is 0 Å². The number of nitriles is 1. The lowest BCUT2D eigenvalue weighted by atomic mass is 10.0. The van der Waals surface area contributed by atoms with E-state index in [1.54, 1.807) is 0 Å². The van der Waals surface area contributed by atoms with Gasteiger partial charge >= 0.3 is 5.97 Å². The van der Waals surface area contributed by atoms with Crippen LogP contribution in [0.3, 0.4) is 0 Å². The van der Waals surface area contributed by atoms with E-state index < -0.39 is 5.97 Å². The van der Waals surface area contributed by atoms with Crippen molar-refractivity contribution in [3.8, 4) is 6.07 Å². The normalized spacial score (nSPS) is 20.6. The van der Waals surface area contributed by atoms with E-state index in [9.17, 15) is 4.79 Å². The van der Waals surface area contributed by atoms with Gasteiger partial charge in [0.05, 0.1) is 13.7 Å². The summed E-state index contributed by atoms with van der Waals surface area (Å²) in [5.74, 6) is -0.538. The molecule has 1 rings (SSSR count). The smallest absolute Gasteiger partial charge is 0.348 e. The Hall–Kier alpha value is -1.34. The maximum Gasteiger partial charge on any atom is 0.348 e. The lowest BCUT2D eigenvalue weighted by molar-refractivity contribution is -0.135. The highest BCUT2D eigenvalue weighted by molar-refractivity contribution is 5.93. The van der Waals surface area contributed by atoms with E-state index in [0.29, 0.717) is 19.6 Å².